The minimum absolute atomic E-state index is 0.0976. The van der Waals surface area contributed by atoms with Gasteiger partial charge in [0, 0.05) is 20.0 Å². The first-order chi connectivity index (χ1) is 6.79. The van der Waals surface area contributed by atoms with Gasteiger partial charge >= 0.3 is 0 Å². The summed E-state index contributed by atoms with van der Waals surface area (Å²) < 4.78 is 0. The molecule has 0 aliphatic carbocycles. The van der Waals surface area contributed by atoms with Crippen molar-refractivity contribution in [3.05, 3.63) is 0 Å². The molecule has 0 unspecified atom stereocenters. The van der Waals surface area contributed by atoms with Crippen LogP contribution < -0.4 is 16.4 Å². The molecule has 0 bridgehead atoms. The van der Waals surface area contributed by atoms with E-state index >= 15 is 0 Å². The Hall–Kier alpha value is -1.10. The van der Waals surface area contributed by atoms with Gasteiger partial charge in [-0.3, -0.25) is 9.59 Å². The van der Waals surface area contributed by atoms with Crippen LogP contribution in [0.3, 0.4) is 0 Å². The Morgan fingerprint density at radius 1 is 1.33 bits per heavy atom. The average molecular weight is 215 g/mol. The van der Waals surface area contributed by atoms with E-state index < -0.39 is 6.04 Å². The van der Waals surface area contributed by atoms with Crippen LogP contribution in [0.4, 0.5) is 0 Å². The minimum Gasteiger partial charge on any atom is -0.359 e. The summed E-state index contributed by atoms with van der Waals surface area (Å²) in [6, 6.07) is -0.554. The SMILES string of the molecule is CNC(=O)CCNC(=O)[C@@H](N)C(C)(C)C. The van der Waals surface area contributed by atoms with Crippen molar-refractivity contribution in [2.75, 3.05) is 13.6 Å². The molecule has 2 amide bonds. The highest BCUT2D eigenvalue weighted by Crippen LogP contribution is 2.16. The van der Waals surface area contributed by atoms with E-state index in [0.717, 1.165) is 0 Å². The molecule has 0 aromatic heterocycles. The highest BCUT2D eigenvalue weighted by molar-refractivity contribution is 5.83. The lowest BCUT2D eigenvalue weighted by Crippen LogP contribution is -2.49. The van der Waals surface area contributed by atoms with Crippen LogP contribution in [-0.4, -0.2) is 31.4 Å². The maximum Gasteiger partial charge on any atom is 0.237 e. The topological polar surface area (TPSA) is 84.2 Å². The number of carbonyl (C=O) groups is 2. The van der Waals surface area contributed by atoms with E-state index in [-0.39, 0.29) is 23.7 Å². The number of nitrogens with two attached hydrogens (primary N) is 1. The van der Waals surface area contributed by atoms with Gasteiger partial charge in [0.25, 0.3) is 0 Å². The standard InChI is InChI=1S/C10H21N3O2/c1-10(2,3)8(11)9(15)13-6-5-7(14)12-4/h8H,5-6,11H2,1-4H3,(H,12,14)(H,13,15)/t8-/m1/s1. The van der Waals surface area contributed by atoms with Gasteiger partial charge in [-0.15, -0.1) is 0 Å². The zero-order chi connectivity index (χ0) is 12.1. The maximum absolute atomic E-state index is 11.5. The predicted octanol–water partition coefficient (Wildman–Crippen LogP) is -0.388. The molecule has 5 heteroatoms. The van der Waals surface area contributed by atoms with Gasteiger partial charge in [0.05, 0.1) is 6.04 Å². The second kappa shape index (κ2) is 5.70. The molecule has 1 atom stereocenters. The van der Waals surface area contributed by atoms with Crippen molar-refractivity contribution in [2.24, 2.45) is 11.1 Å². The third kappa shape index (κ3) is 5.37. The highest BCUT2D eigenvalue weighted by atomic mass is 16.2. The summed E-state index contributed by atoms with van der Waals surface area (Å²) in [7, 11) is 1.56. The lowest BCUT2D eigenvalue weighted by Gasteiger charge is -2.25. The zero-order valence-corrected chi connectivity index (χ0v) is 9.89. The Kier molecular flexibility index (Phi) is 5.28. The number of hydrogen-bond acceptors (Lipinski definition) is 3. The Bertz CT molecular complexity index is 233. The van der Waals surface area contributed by atoms with Gasteiger partial charge in [-0.25, -0.2) is 0 Å². The Labute approximate surface area is 90.8 Å². The summed E-state index contributed by atoms with van der Waals surface area (Å²) in [5.74, 6) is -0.314. The van der Waals surface area contributed by atoms with Gasteiger partial charge in [-0.05, 0) is 5.41 Å². The lowest BCUT2D eigenvalue weighted by atomic mass is 9.87. The van der Waals surface area contributed by atoms with Crippen molar-refractivity contribution in [1.29, 1.82) is 0 Å². The normalized spacial score (nSPS) is 13.1. The fourth-order valence-corrected chi connectivity index (χ4v) is 0.927. The first-order valence-corrected chi connectivity index (χ1v) is 5.03. The van der Waals surface area contributed by atoms with E-state index in [4.69, 9.17) is 5.73 Å². The van der Waals surface area contributed by atoms with Crippen LogP contribution in [0.1, 0.15) is 27.2 Å². The molecule has 0 saturated heterocycles. The summed E-state index contributed by atoms with van der Waals surface area (Å²) in [6.45, 7) is 6.02. The number of amides is 2. The fourth-order valence-electron chi connectivity index (χ4n) is 0.927. The van der Waals surface area contributed by atoms with Gasteiger partial charge in [-0.2, -0.15) is 0 Å². The van der Waals surface area contributed by atoms with Crippen LogP contribution in [0.2, 0.25) is 0 Å². The van der Waals surface area contributed by atoms with Crippen LogP contribution in [0.15, 0.2) is 0 Å². The van der Waals surface area contributed by atoms with Crippen LogP contribution in [0.5, 0.6) is 0 Å². The van der Waals surface area contributed by atoms with Crippen molar-refractivity contribution >= 4 is 11.8 Å². The molecule has 0 aromatic carbocycles. The molecule has 5 nitrogen and oxygen atoms in total. The van der Waals surface area contributed by atoms with Crippen molar-refractivity contribution in [3.63, 3.8) is 0 Å². The molecule has 0 aromatic rings. The molecule has 0 radical (unpaired) electrons. The summed E-state index contributed by atoms with van der Waals surface area (Å²) in [6.07, 6.45) is 0.277. The average Bonchev–Trinajstić information content (AvgIpc) is 2.14. The minimum atomic E-state index is -0.554. The molecule has 0 aliphatic heterocycles. The van der Waals surface area contributed by atoms with Gasteiger partial charge in [0.1, 0.15) is 0 Å². The third-order valence-electron chi connectivity index (χ3n) is 2.15. The predicted molar refractivity (Wildman–Crippen MR) is 59.1 cm³/mol. The molecule has 0 heterocycles. The molecule has 4 N–H and O–H groups in total. The van der Waals surface area contributed by atoms with E-state index in [2.05, 4.69) is 10.6 Å². The van der Waals surface area contributed by atoms with Crippen LogP contribution in [0.25, 0.3) is 0 Å². The Balaban J connectivity index is 3.90. The second-order valence-electron chi connectivity index (χ2n) is 4.56. The Morgan fingerprint density at radius 3 is 2.27 bits per heavy atom. The molecule has 0 spiro atoms. The Morgan fingerprint density at radius 2 is 1.87 bits per heavy atom. The number of rotatable bonds is 4. The fraction of sp³-hybridized carbons (Fsp3) is 0.800. The summed E-state index contributed by atoms with van der Waals surface area (Å²) in [5, 5.41) is 5.11. The second-order valence-corrected chi connectivity index (χ2v) is 4.56. The van der Waals surface area contributed by atoms with E-state index in [0.29, 0.717) is 6.54 Å². The van der Waals surface area contributed by atoms with Gasteiger partial charge < -0.3 is 16.4 Å². The molecule has 0 aliphatic rings. The molecule has 88 valence electrons. The number of hydrogen-bond donors (Lipinski definition) is 3. The summed E-state index contributed by atoms with van der Waals surface area (Å²) >= 11 is 0. The van der Waals surface area contributed by atoms with Gasteiger partial charge in [0.2, 0.25) is 11.8 Å². The molecule has 0 rings (SSSR count). The highest BCUT2D eigenvalue weighted by Gasteiger charge is 2.26. The van der Waals surface area contributed by atoms with Crippen molar-refractivity contribution in [2.45, 2.75) is 33.2 Å². The first-order valence-electron chi connectivity index (χ1n) is 5.03. The smallest absolute Gasteiger partial charge is 0.237 e. The lowest BCUT2D eigenvalue weighted by molar-refractivity contribution is -0.124. The summed E-state index contributed by atoms with van der Waals surface area (Å²) in [5.41, 5.74) is 5.46. The van der Waals surface area contributed by atoms with Crippen molar-refractivity contribution in [3.8, 4) is 0 Å². The summed E-state index contributed by atoms with van der Waals surface area (Å²) in [4.78, 5) is 22.4. The van der Waals surface area contributed by atoms with Crippen molar-refractivity contribution in [1.82, 2.24) is 10.6 Å². The monoisotopic (exact) mass is 215 g/mol. The van der Waals surface area contributed by atoms with Gasteiger partial charge in [0.15, 0.2) is 0 Å². The first kappa shape index (κ1) is 13.9. The zero-order valence-electron chi connectivity index (χ0n) is 9.89. The van der Waals surface area contributed by atoms with E-state index in [1.165, 1.54) is 0 Å². The van der Waals surface area contributed by atoms with E-state index in [9.17, 15) is 9.59 Å². The van der Waals surface area contributed by atoms with Crippen LogP contribution >= 0.6 is 0 Å². The maximum atomic E-state index is 11.5. The molecule has 0 fully saturated rings. The number of nitrogens with one attached hydrogen (secondary N) is 2. The third-order valence-corrected chi connectivity index (χ3v) is 2.15. The molecular formula is C10H21N3O2. The molecule has 0 saturated carbocycles. The van der Waals surface area contributed by atoms with Gasteiger partial charge in [-0.1, -0.05) is 20.8 Å². The van der Waals surface area contributed by atoms with Crippen LogP contribution in [0, 0.1) is 5.41 Å². The number of carbonyl (C=O) groups excluding carboxylic acids is 2. The molecular weight excluding hydrogens is 194 g/mol. The largest absolute Gasteiger partial charge is 0.359 e. The van der Waals surface area contributed by atoms with Crippen LogP contribution in [-0.2, 0) is 9.59 Å². The molecule has 15 heavy (non-hydrogen) atoms. The quantitative estimate of drug-likeness (QED) is 0.597. The van der Waals surface area contributed by atoms with E-state index in [1.807, 2.05) is 20.8 Å². The van der Waals surface area contributed by atoms with E-state index in [1.54, 1.807) is 7.05 Å². The van der Waals surface area contributed by atoms with Crippen molar-refractivity contribution < 1.29 is 9.59 Å².